The Kier molecular flexibility index (Phi) is 4.75. The number of hydrogen-bond acceptors (Lipinski definition) is 3. The molecule has 1 spiro atoms. The Bertz CT molecular complexity index is 331. The van der Waals surface area contributed by atoms with E-state index < -0.39 is 0 Å². The van der Waals surface area contributed by atoms with Gasteiger partial charge in [-0.05, 0) is 31.6 Å². The van der Waals surface area contributed by atoms with Gasteiger partial charge in [0.05, 0.1) is 6.61 Å². The first-order valence-electron chi connectivity index (χ1n) is 7.30. The molecule has 0 aromatic carbocycles. The number of halogens is 1. The van der Waals surface area contributed by atoms with Crippen LogP contribution in [0.4, 0.5) is 0 Å². The van der Waals surface area contributed by atoms with Crippen molar-refractivity contribution in [1.29, 1.82) is 0 Å². The lowest BCUT2D eigenvalue weighted by molar-refractivity contribution is -0.131. The molecule has 1 unspecified atom stereocenters. The van der Waals surface area contributed by atoms with Gasteiger partial charge < -0.3 is 15.4 Å². The van der Waals surface area contributed by atoms with E-state index in [0.29, 0.717) is 18.2 Å². The van der Waals surface area contributed by atoms with E-state index in [1.807, 2.05) is 0 Å². The number of carbonyl (C=O) groups excluding carboxylic acids is 1. The first-order chi connectivity index (χ1) is 8.69. The number of nitrogens with zero attached hydrogens (tertiary/aromatic N) is 1. The molecule has 19 heavy (non-hydrogen) atoms. The van der Waals surface area contributed by atoms with Crippen molar-refractivity contribution in [3.05, 3.63) is 0 Å². The molecule has 0 bridgehead atoms. The van der Waals surface area contributed by atoms with Crippen LogP contribution in [0, 0.1) is 11.3 Å². The Labute approximate surface area is 121 Å². The fourth-order valence-electron chi connectivity index (χ4n) is 3.79. The average molecular weight is 289 g/mol. The summed E-state index contributed by atoms with van der Waals surface area (Å²) in [6.07, 6.45) is 6.33. The number of nitrogens with two attached hydrogens (primary N) is 1. The third-order valence-corrected chi connectivity index (χ3v) is 5.13. The molecule has 0 aromatic heterocycles. The van der Waals surface area contributed by atoms with E-state index in [0.717, 1.165) is 52.0 Å². The summed E-state index contributed by atoms with van der Waals surface area (Å²) in [4.78, 5) is 14.4. The molecule has 2 N–H and O–H groups in total. The van der Waals surface area contributed by atoms with E-state index in [9.17, 15) is 4.79 Å². The Morgan fingerprint density at radius 2 is 2.21 bits per heavy atom. The average Bonchev–Trinajstić information content (AvgIpc) is 3.05. The van der Waals surface area contributed by atoms with Crippen LogP contribution in [-0.4, -0.2) is 43.2 Å². The standard InChI is InChI=1S/C14H24N2O2.ClH/c15-12-3-1-2-11(12)8-13(17)16-6-4-14(9-16)5-7-18-10-14;/h11-12H,1-10,15H2;1H/t11-,12+,14?;/m0./s1. The third-order valence-electron chi connectivity index (χ3n) is 5.13. The lowest BCUT2D eigenvalue weighted by Gasteiger charge is -2.23. The minimum atomic E-state index is 0. The summed E-state index contributed by atoms with van der Waals surface area (Å²) < 4.78 is 5.50. The van der Waals surface area contributed by atoms with Crippen LogP contribution in [0.5, 0.6) is 0 Å². The Hall–Kier alpha value is -0.320. The SMILES string of the molecule is Cl.N[C@@H]1CCC[C@H]1CC(=O)N1CCC2(CCOC2)C1. The smallest absolute Gasteiger partial charge is 0.222 e. The van der Waals surface area contributed by atoms with Crippen LogP contribution >= 0.6 is 12.4 Å². The maximum absolute atomic E-state index is 12.3. The lowest BCUT2D eigenvalue weighted by atomic mass is 9.87. The van der Waals surface area contributed by atoms with Gasteiger partial charge in [0.2, 0.25) is 5.91 Å². The van der Waals surface area contributed by atoms with Crippen molar-refractivity contribution < 1.29 is 9.53 Å². The molecule has 5 heteroatoms. The topological polar surface area (TPSA) is 55.6 Å². The van der Waals surface area contributed by atoms with Crippen LogP contribution in [0.1, 0.15) is 38.5 Å². The molecule has 1 amide bonds. The number of amides is 1. The van der Waals surface area contributed by atoms with Crippen LogP contribution in [0.25, 0.3) is 0 Å². The van der Waals surface area contributed by atoms with Gasteiger partial charge in [-0.2, -0.15) is 0 Å². The molecule has 1 aliphatic carbocycles. The van der Waals surface area contributed by atoms with Crippen molar-refractivity contribution in [1.82, 2.24) is 4.90 Å². The highest BCUT2D eigenvalue weighted by Gasteiger charge is 2.43. The summed E-state index contributed by atoms with van der Waals surface area (Å²) in [7, 11) is 0. The van der Waals surface area contributed by atoms with Gasteiger partial charge in [0.15, 0.2) is 0 Å². The van der Waals surface area contributed by atoms with E-state index in [1.165, 1.54) is 6.42 Å². The molecule has 0 radical (unpaired) electrons. The molecule has 4 nitrogen and oxygen atoms in total. The van der Waals surface area contributed by atoms with Gasteiger partial charge in [0.25, 0.3) is 0 Å². The van der Waals surface area contributed by atoms with Crippen molar-refractivity contribution in [2.24, 2.45) is 17.1 Å². The fraction of sp³-hybridized carbons (Fsp3) is 0.929. The highest BCUT2D eigenvalue weighted by Crippen LogP contribution is 2.39. The summed E-state index contributed by atoms with van der Waals surface area (Å²) in [5, 5.41) is 0. The van der Waals surface area contributed by atoms with E-state index in [4.69, 9.17) is 10.5 Å². The molecule has 2 saturated heterocycles. The quantitative estimate of drug-likeness (QED) is 0.839. The minimum Gasteiger partial charge on any atom is -0.381 e. The summed E-state index contributed by atoms with van der Waals surface area (Å²) >= 11 is 0. The monoisotopic (exact) mass is 288 g/mol. The van der Waals surface area contributed by atoms with E-state index in [-0.39, 0.29) is 23.9 Å². The first-order valence-corrected chi connectivity index (χ1v) is 7.30. The molecule has 2 aliphatic heterocycles. The number of hydrogen-bond donors (Lipinski definition) is 1. The summed E-state index contributed by atoms with van der Waals surface area (Å²) in [5.74, 6) is 0.745. The minimum absolute atomic E-state index is 0. The second-order valence-corrected chi connectivity index (χ2v) is 6.43. The normalized spacial score (nSPS) is 37.8. The van der Waals surface area contributed by atoms with Gasteiger partial charge in [-0.15, -0.1) is 12.4 Å². The zero-order chi connectivity index (χ0) is 12.6. The predicted molar refractivity (Wildman–Crippen MR) is 76.2 cm³/mol. The Morgan fingerprint density at radius 1 is 1.37 bits per heavy atom. The maximum Gasteiger partial charge on any atom is 0.222 e. The van der Waals surface area contributed by atoms with Crippen molar-refractivity contribution in [2.75, 3.05) is 26.3 Å². The molecule has 3 rings (SSSR count). The van der Waals surface area contributed by atoms with E-state index in [1.54, 1.807) is 0 Å². The molecule has 3 atom stereocenters. The summed E-state index contributed by atoms with van der Waals surface area (Å²) in [6.45, 7) is 3.55. The van der Waals surface area contributed by atoms with Gasteiger partial charge >= 0.3 is 0 Å². The van der Waals surface area contributed by atoms with E-state index in [2.05, 4.69) is 4.90 Å². The number of likely N-dealkylation sites (tertiary alicyclic amines) is 1. The van der Waals surface area contributed by atoms with Gasteiger partial charge in [-0.3, -0.25) is 4.79 Å². The van der Waals surface area contributed by atoms with Crippen molar-refractivity contribution in [3.8, 4) is 0 Å². The van der Waals surface area contributed by atoms with Crippen molar-refractivity contribution in [2.45, 2.75) is 44.6 Å². The fourth-order valence-corrected chi connectivity index (χ4v) is 3.79. The third kappa shape index (κ3) is 3.06. The molecule has 1 saturated carbocycles. The highest BCUT2D eigenvalue weighted by molar-refractivity contribution is 5.85. The number of ether oxygens (including phenoxy) is 1. The Balaban J connectivity index is 0.00000133. The predicted octanol–water partition coefficient (Wildman–Crippen LogP) is 1.56. The van der Waals surface area contributed by atoms with Crippen LogP contribution in [0.2, 0.25) is 0 Å². The largest absolute Gasteiger partial charge is 0.381 e. The van der Waals surface area contributed by atoms with E-state index >= 15 is 0 Å². The zero-order valence-electron chi connectivity index (χ0n) is 11.5. The van der Waals surface area contributed by atoms with Crippen LogP contribution in [0.15, 0.2) is 0 Å². The van der Waals surface area contributed by atoms with Crippen LogP contribution in [-0.2, 0) is 9.53 Å². The molecule has 110 valence electrons. The van der Waals surface area contributed by atoms with Gasteiger partial charge in [0.1, 0.15) is 0 Å². The molecular formula is C14H25ClN2O2. The number of rotatable bonds is 2. The van der Waals surface area contributed by atoms with Crippen LogP contribution < -0.4 is 5.73 Å². The number of carbonyl (C=O) groups is 1. The lowest BCUT2D eigenvalue weighted by Crippen LogP contribution is -2.35. The van der Waals surface area contributed by atoms with Crippen molar-refractivity contribution in [3.63, 3.8) is 0 Å². The van der Waals surface area contributed by atoms with Gasteiger partial charge in [-0.1, -0.05) is 6.42 Å². The zero-order valence-corrected chi connectivity index (χ0v) is 12.3. The molecule has 0 aromatic rings. The maximum atomic E-state index is 12.3. The molecule has 3 fully saturated rings. The summed E-state index contributed by atoms with van der Waals surface area (Å²) in [6, 6.07) is 0.250. The summed E-state index contributed by atoms with van der Waals surface area (Å²) in [5.41, 5.74) is 6.34. The highest BCUT2D eigenvalue weighted by atomic mass is 35.5. The van der Waals surface area contributed by atoms with Crippen molar-refractivity contribution >= 4 is 18.3 Å². The first kappa shape index (κ1) is 15.1. The van der Waals surface area contributed by atoms with Gasteiger partial charge in [0, 0.05) is 37.6 Å². The molecular weight excluding hydrogens is 264 g/mol. The second-order valence-electron chi connectivity index (χ2n) is 6.43. The molecule has 3 aliphatic rings. The second kappa shape index (κ2) is 5.98. The van der Waals surface area contributed by atoms with Crippen LogP contribution in [0.3, 0.4) is 0 Å². The molecule has 2 heterocycles. The van der Waals surface area contributed by atoms with Gasteiger partial charge in [-0.25, -0.2) is 0 Å². The Morgan fingerprint density at radius 3 is 2.84 bits per heavy atom.